The molecular formula is C17H23FO2. The summed E-state index contributed by atoms with van der Waals surface area (Å²) in [5, 5.41) is 0. The molecule has 0 aromatic heterocycles. The van der Waals surface area contributed by atoms with E-state index in [2.05, 4.69) is 0 Å². The zero-order valence-electron chi connectivity index (χ0n) is 12.9. The molecule has 2 nitrogen and oxygen atoms in total. The summed E-state index contributed by atoms with van der Waals surface area (Å²) >= 11 is 0. The monoisotopic (exact) mass is 278 g/mol. The summed E-state index contributed by atoms with van der Waals surface area (Å²) in [6.07, 6.45) is -0.636. The van der Waals surface area contributed by atoms with E-state index in [1.807, 2.05) is 19.9 Å². The first-order chi connectivity index (χ1) is 9.23. The highest BCUT2D eigenvalue weighted by atomic mass is 19.1. The Morgan fingerprint density at radius 1 is 1.15 bits per heavy atom. The Morgan fingerprint density at radius 2 is 1.75 bits per heavy atom. The molecule has 0 aliphatic heterocycles. The van der Waals surface area contributed by atoms with E-state index in [4.69, 9.17) is 0 Å². The number of rotatable bonds is 5. The summed E-state index contributed by atoms with van der Waals surface area (Å²) in [6.45, 7) is 8.80. The number of hydrogen-bond donors (Lipinski definition) is 0. The number of carbonyl (C=O) groups is 2. The van der Waals surface area contributed by atoms with Crippen LogP contribution < -0.4 is 0 Å². The van der Waals surface area contributed by atoms with Gasteiger partial charge >= 0.3 is 0 Å². The first kappa shape index (κ1) is 16.5. The minimum atomic E-state index is -2.08. The fourth-order valence-electron chi connectivity index (χ4n) is 2.25. The molecule has 3 heteroatoms. The second kappa shape index (κ2) is 6.29. The van der Waals surface area contributed by atoms with E-state index >= 15 is 0 Å². The number of alkyl halides is 1. The number of halogens is 1. The van der Waals surface area contributed by atoms with Gasteiger partial charge < -0.3 is 0 Å². The molecule has 0 heterocycles. The maximum atomic E-state index is 14.2. The zero-order valence-corrected chi connectivity index (χ0v) is 12.9. The maximum absolute atomic E-state index is 14.2. The number of Topliss-reactive ketones (excluding diaryl/α,β-unsaturated/α-hetero) is 2. The van der Waals surface area contributed by atoms with Crippen LogP contribution in [0.2, 0.25) is 0 Å². The van der Waals surface area contributed by atoms with Gasteiger partial charge in [0.25, 0.3) is 0 Å². The Morgan fingerprint density at radius 3 is 2.20 bits per heavy atom. The van der Waals surface area contributed by atoms with Crippen LogP contribution in [0.5, 0.6) is 0 Å². The van der Waals surface area contributed by atoms with Crippen molar-refractivity contribution in [2.24, 2.45) is 5.41 Å². The zero-order chi connectivity index (χ0) is 15.5. The standard InChI is InChI=1S/C17H23FO2/c1-6-11-9-8-10-13(12(11)7-2)15(19)14(18)16(20)17(3,4)5/h8-10,14H,6-7H2,1-5H3. The first-order valence-electron chi connectivity index (χ1n) is 7.07. The van der Waals surface area contributed by atoms with E-state index in [1.54, 1.807) is 32.9 Å². The van der Waals surface area contributed by atoms with Gasteiger partial charge in [-0.15, -0.1) is 0 Å². The maximum Gasteiger partial charge on any atom is 0.221 e. The summed E-state index contributed by atoms with van der Waals surface area (Å²) < 4.78 is 14.2. The largest absolute Gasteiger partial charge is 0.295 e. The molecule has 0 saturated heterocycles. The predicted octanol–water partition coefficient (Wildman–Crippen LogP) is 3.95. The average Bonchev–Trinajstić information content (AvgIpc) is 2.42. The fraction of sp³-hybridized carbons (Fsp3) is 0.529. The van der Waals surface area contributed by atoms with E-state index in [0.29, 0.717) is 12.0 Å². The van der Waals surface area contributed by atoms with Crippen molar-refractivity contribution in [1.29, 1.82) is 0 Å². The van der Waals surface area contributed by atoms with Gasteiger partial charge in [0.2, 0.25) is 12.0 Å². The second-order valence-corrected chi connectivity index (χ2v) is 5.99. The lowest BCUT2D eigenvalue weighted by Crippen LogP contribution is -2.35. The van der Waals surface area contributed by atoms with Crippen molar-refractivity contribution in [1.82, 2.24) is 0 Å². The third kappa shape index (κ3) is 3.33. The van der Waals surface area contributed by atoms with Crippen molar-refractivity contribution in [3.05, 3.63) is 34.9 Å². The Balaban J connectivity index is 3.19. The molecule has 1 rings (SSSR count). The normalized spacial score (nSPS) is 13.1. The summed E-state index contributed by atoms with van der Waals surface area (Å²) in [6, 6.07) is 5.30. The first-order valence-corrected chi connectivity index (χ1v) is 7.07. The molecule has 0 bridgehead atoms. The third-order valence-electron chi connectivity index (χ3n) is 3.47. The molecule has 0 N–H and O–H groups in total. The second-order valence-electron chi connectivity index (χ2n) is 5.99. The third-order valence-corrected chi connectivity index (χ3v) is 3.47. The number of aryl methyl sites for hydroxylation is 1. The van der Waals surface area contributed by atoms with Crippen LogP contribution in [-0.2, 0) is 17.6 Å². The number of hydrogen-bond acceptors (Lipinski definition) is 2. The van der Waals surface area contributed by atoms with Crippen LogP contribution in [0.4, 0.5) is 4.39 Å². The van der Waals surface area contributed by atoms with Crippen LogP contribution in [0.3, 0.4) is 0 Å². The van der Waals surface area contributed by atoms with Crippen molar-refractivity contribution in [2.75, 3.05) is 0 Å². The number of carbonyl (C=O) groups excluding carboxylic acids is 2. The quantitative estimate of drug-likeness (QED) is 0.603. The van der Waals surface area contributed by atoms with Crippen LogP contribution in [0.25, 0.3) is 0 Å². The summed E-state index contributed by atoms with van der Waals surface area (Å²) in [5.41, 5.74) is 1.37. The molecule has 0 amide bonds. The van der Waals surface area contributed by atoms with Crippen LogP contribution in [-0.4, -0.2) is 17.7 Å². The van der Waals surface area contributed by atoms with Crippen molar-refractivity contribution in [2.45, 2.75) is 53.6 Å². The molecule has 0 aliphatic rings. The van der Waals surface area contributed by atoms with Crippen LogP contribution >= 0.6 is 0 Å². The van der Waals surface area contributed by atoms with E-state index in [0.717, 1.165) is 17.5 Å². The molecule has 0 aliphatic carbocycles. The summed E-state index contributed by atoms with van der Waals surface area (Å²) in [7, 11) is 0. The van der Waals surface area contributed by atoms with E-state index in [9.17, 15) is 14.0 Å². The van der Waals surface area contributed by atoms with E-state index in [-0.39, 0.29) is 0 Å². The molecular weight excluding hydrogens is 255 g/mol. The van der Waals surface area contributed by atoms with Gasteiger partial charge in [-0.1, -0.05) is 52.8 Å². The molecule has 0 saturated carbocycles. The summed E-state index contributed by atoms with van der Waals surface area (Å²) in [4.78, 5) is 24.2. The number of ketones is 2. The summed E-state index contributed by atoms with van der Waals surface area (Å²) in [5.74, 6) is -1.37. The molecule has 0 radical (unpaired) electrons. The van der Waals surface area contributed by atoms with Gasteiger partial charge in [-0.3, -0.25) is 9.59 Å². The lowest BCUT2D eigenvalue weighted by molar-refractivity contribution is -0.129. The van der Waals surface area contributed by atoms with Crippen molar-refractivity contribution < 1.29 is 14.0 Å². The molecule has 1 aromatic rings. The van der Waals surface area contributed by atoms with Gasteiger partial charge in [0.1, 0.15) is 0 Å². The van der Waals surface area contributed by atoms with Crippen molar-refractivity contribution in [3.63, 3.8) is 0 Å². The average molecular weight is 278 g/mol. The minimum Gasteiger partial charge on any atom is -0.295 e. The molecule has 0 fully saturated rings. The van der Waals surface area contributed by atoms with E-state index in [1.165, 1.54) is 0 Å². The molecule has 110 valence electrons. The highest BCUT2D eigenvalue weighted by molar-refractivity contribution is 6.15. The van der Waals surface area contributed by atoms with Gasteiger partial charge in [0.05, 0.1) is 0 Å². The molecule has 20 heavy (non-hydrogen) atoms. The van der Waals surface area contributed by atoms with Crippen LogP contribution in [0, 0.1) is 5.41 Å². The fourth-order valence-corrected chi connectivity index (χ4v) is 2.25. The molecule has 1 atom stereocenters. The lowest BCUT2D eigenvalue weighted by atomic mass is 9.84. The van der Waals surface area contributed by atoms with Crippen molar-refractivity contribution >= 4 is 11.6 Å². The number of benzene rings is 1. The van der Waals surface area contributed by atoms with Gasteiger partial charge in [0.15, 0.2) is 5.78 Å². The SMILES string of the molecule is CCc1cccc(C(=O)C(F)C(=O)C(C)(C)C)c1CC. The van der Waals surface area contributed by atoms with Crippen LogP contribution in [0.15, 0.2) is 18.2 Å². The Hall–Kier alpha value is -1.51. The molecule has 1 aromatic carbocycles. The predicted molar refractivity (Wildman–Crippen MR) is 78.9 cm³/mol. The Bertz CT molecular complexity index is 512. The molecule has 0 spiro atoms. The van der Waals surface area contributed by atoms with Crippen LogP contribution in [0.1, 0.15) is 56.1 Å². The minimum absolute atomic E-state index is 0.344. The van der Waals surface area contributed by atoms with Gasteiger partial charge in [-0.2, -0.15) is 0 Å². The van der Waals surface area contributed by atoms with Gasteiger partial charge in [0, 0.05) is 11.0 Å². The highest BCUT2D eigenvalue weighted by Crippen LogP contribution is 2.24. The topological polar surface area (TPSA) is 34.1 Å². The van der Waals surface area contributed by atoms with Gasteiger partial charge in [-0.05, 0) is 24.0 Å². The van der Waals surface area contributed by atoms with E-state index < -0.39 is 23.2 Å². The smallest absolute Gasteiger partial charge is 0.221 e. The highest BCUT2D eigenvalue weighted by Gasteiger charge is 2.35. The molecule has 1 unspecified atom stereocenters. The lowest BCUT2D eigenvalue weighted by Gasteiger charge is -2.20. The Kier molecular flexibility index (Phi) is 5.21. The van der Waals surface area contributed by atoms with Crippen molar-refractivity contribution in [3.8, 4) is 0 Å². The van der Waals surface area contributed by atoms with Gasteiger partial charge in [-0.25, -0.2) is 4.39 Å². The Labute approximate surface area is 120 Å².